The van der Waals surface area contributed by atoms with E-state index in [9.17, 15) is 0 Å². The van der Waals surface area contributed by atoms with Crippen molar-refractivity contribution in [3.05, 3.63) is 30.1 Å². The molecular formula is C12H18N2. The summed E-state index contributed by atoms with van der Waals surface area (Å²) in [5.74, 6) is 0. The van der Waals surface area contributed by atoms with Crippen LogP contribution in [-0.2, 0) is 5.41 Å². The minimum Gasteiger partial charge on any atom is -0.317 e. The van der Waals surface area contributed by atoms with Crippen molar-refractivity contribution in [2.24, 2.45) is 0 Å². The fourth-order valence-electron chi connectivity index (χ4n) is 2.46. The van der Waals surface area contributed by atoms with E-state index < -0.39 is 0 Å². The molecular weight excluding hydrogens is 172 g/mol. The summed E-state index contributed by atoms with van der Waals surface area (Å²) < 4.78 is 0. The van der Waals surface area contributed by atoms with E-state index in [2.05, 4.69) is 29.4 Å². The third-order valence-corrected chi connectivity index (χ3v) is 3.53. The summed E-state index contributed by atoms with van der Waals surface area (Å²) in [6.07, 6.45) is 7.57. The summed E-state index contributed by atoms with van der Waals surface area (Å²) in [6.45, 7) is 4.60. The minimum atomic E-state index is 0.411. The van der Waals surface area contributed by atoms with Gasteiger partial charge in [0.05, 0.1) is 0 Å². The average Bonchev–Trinajstić information content (AvgIpc) is 2.31. The van der Waals surface area contributed by atoms with Crippen LogP contribution in [0, 0.1) is 0 Å². The van der Waals surface area contributed by atoms with Crippen molar-refractivity contribution in [1.82, 2.24) is 10.3 Å². The Labute approximate surface area is 85.7 Å². The molecule has 2 heterocycles. The van der Waals surface area contributed by atoms with Crippen molar-refractivity contribution < 1.29 is 0 Å². The van der Waals surface area contributed by atoms with E-state index in [1.807, 2.05) is 12.4 Å². The number of rotatable bonds is 2. The fourth-order valence-corrected chi connectivity index (χ4v) is 2.46. The van der Waals surface area contributed by atoms with Gasteiger partial charge in [-0.25, -0.2) is 0 Å². The first-order chi connectivity index (χ1) is 6.87. The van der Waals surface area contributed by atoms with E-state index in [4.69, 9.17) is 0 Å². The zero-order valence-electron chi connectivity index (χ0n) is 8.79. The Morgan fingerprint density at radius 2 is 1.93 bits per heavy atom. The topological polar surface area (TPSA) is 24.9 Å². The van der Waals surface area contributed by atoms with E-state index in [0.717, 1.165) is 13.1 Å². The molecule has 0 spiro atoms. The van der Waals surface area contributed by atoms with Crippen LogP contribution in [0.2, 0.25) is 0 Å². The highest BCUT2D eigenvalue weighted by Gasteiger charge is 2.31. The molecule has 1 fully saturated rings. The summed E-state index contributed by atoms with van der Waals surface area (Å²) in [4.78, 5) is 4.09. The smallest absolute Gasteiger partial charge is 0.0270 e. The molecule has 1 saturated heterocycles. The van der Waals surface area contributed by atoms with Crippen LogP contribution in [0.15, 0.2) is 24.5 Å². The minimum absolute atomic E-state index is 0.411. The highest BCUT2D eigenvalue weighted by atomic mass is 14.9. The first-order valence-electron chi connectivity index (χ1n) is 5.49. The molecule has 1 aromatic heterocycles. The fraction of sp³-hybridized carbons (Fsp3) is 0.583. The van der Waals surface area contributed by atoms with Crippen molar-refractivity contribution in [2.75, 3.05) is 13.1 Å². The Hall–Kier alpha value is -0.890. The van der Waals surface area contributed by atoms with Crippen LogP contribution in [0.4, 0.5) is 0 Å². The average molecular weight is 190 g/mol. The quantitative estimate of drug-likeness (QED) is 0.772. The lowest BCUT2D eigenvalue weighted by Gasteiger charge is -2.37. The molecule has 0 saturated carbocycles. The van der Waals surface area contributed by atoms with E-state index in [1.54, 1.807) is 0 Å². The molecule has 0 atom stereocenters. The second-order valence-corrected chi connectivity index (χ2v) is 4.12. The molecule has 76 valence electrons. The SMILES string of the molecule is CCC1(c2ccncc2)CCNCC1. The van der Waals surface area contributed by atoms with Gasteiger partial charge in [0.1, 0.15) is 0 Å². The Morgan fingerprint density at radius 3 is 2.50 bits per heavy atom. The highest BCUT2D eigenvalue weighted by molar-refractivity contribution is 5.23. The van der Waals surface area contributed by atoms with Crippen LogP contribution in [-0.4, -0.2) is 18.1 Å². The van der Waals surface area contributed by atoms with Gasteiger partial charge in [0.25, 0.3) is 0 Å². The molecule has 1 aliphatic rings. The van der Waals surface area contributed by atoms with Crippen LogP contribution < -0.4 is 5.32 Å². The lowest BCUT2D eigenvalue weighted by Crippen LogP contribution is -2.39. The summed E-state index contributed by atoms with van der Waals surface area (Å²) in [5, 5.41) is 3.43. The largest absolute Gasteiger partial charge is 0.317 e. The summed E-state index contributed by atoms with van der Waals surface area (Å²) >= 11 is 0. The zero-order valence-corrected chi connectivity index (χ0v) is 8.79. The number of pyridine rings is 1. The molecule has 2 rings (SSSR count). The van der Waals surface area contributed by atoms with Crippen molar-refractivity contribution in [2.45, 2.75) is 31.6 Å². The third-order valence-electron chi connectivity index (χ3n) is 3.53. The highest BCUT2D eigenvalue weighted by Crippen LogP contribution is 2.35. The number of nitrogens with one attached hydrogen (secondary N) is 1. The van der Waals surface area contributed by atoms with Gasteiger partial charge in [-0.15, -0.1) is 0 Å². The van der Waals surface area contributed by atoms with Gasteiger partial charge in [-0.2, -0.15) is 0 Å². The lowest BCUT2D eigenvalue weighted by molar-refractivity contribution is 0.297. The first-order valence-corrected chi connectivity index (χ1v) is 5.49. The molecule has 0 amide bonds. The standard InChI is InChI=1S/C12H18N2/c1-2-12(5-9-14-10-6-12)11-3-7-13-8-4-11/h3-4,7-8,14H,2,5-6,9-10H2,1H3. The van der Waals surface area contributed by atoms with Crippen molar-refractivity contribution in [3.63, 3.8) is 0 Å². The Bertz CT molecular complexity index is 276. The molecule has 0 aliphatic carbocycles. The van der Waals surface area contributed by atoms with E-state index in [1.165, 1.54) is 24.8 Å². The Balaban J connectivity index is 2.27. The molecule has 2 nitrogen and oxygen atoms in total. The van der Waals surface area contributed by atoms with E-state index in [-0.39, 0.29) is 0 Å². The normalized spacial score (nSPS) is 20.6. The maximum atomic E-state index is 4.09. The van der Waals surface area contributed by atoms with Crippen molar-refractivity contribution >= 4 is 0 Å². The maximum absolute atomic E-state index is 4.09. The van der Waals surface area contributed by atoms with E-state index in [0.29, 0.717) is 5.41 Å². The molecule has 0 aromatic carbocycles. The second-order valence-electron chi connectivity index (χ2n) is 4.12. The zero-order chi connectivity index (χ0) is 9.86. The number of hydrogen-bond acceptors (Lipinski definition) is 2. The molecule has 1 aliphatic heterocycles. The Kier molecular flexibility index (Phi) is 2.82. The third kappa shape index (κ3) is 1.67. The van der Waals surface area contributed by atoms with Gasteiger partial charge in [-0.1, -0.05) is 6.92 Å². The van der Waals surface area contributed by atoms with Gasteiger partial charge < -0.3 is 5.32 Å². The van der Waals surface area contributed by atoms with Crippen molar-refractivity contribution in [3.8, 4) is 0 Å². The van der Waals surface area contributed by atoms with Crippen LogP contribution in [0.1, 0.15) is 31.7 Å². The molecule has 1 aromatic rings. The second kappa shape index (κ2) is 4.09. The maximum Gasteiger partial charge on any atom is 0.0270 e. The van der Waals surface area contributed by atoms with Crippen molar-refractivity contribution in [1.29, 1.82) is 0 Å². The molecule has 2 heteroatoms. The van der Waals surface area contributed by atoms with Crippen LogP contribution >= 0.6 is 0 Å². The van der Waals surface area contributed by atoms with Crippen LogP contribution in [0.3, 0.4) is 0 Å². The number of aromatic nitrogens is 1. The van der Waals surface area contributed by atoms with Gasteiger partial charge in [-0.3, -0.25) is 4.98 Å². The molecule has 0 bridgehead atoms. The van der Waals surface area contributed by atoms with Crippen LogP contribution in [0.25, 0.3) is 0 Å². The number of nitrogens with zero attached hydrogens (tertiary/aromatic N) is 1. The van der Waals surface area contributed by atoms with Gasteiger partial charge in [0, 0.05) is 12.4 Å². The summed E-state index contributed by atoms with van der Waals surface area (Å²) in [6, 6.07) is 4.35. The molecule has 1 N–H and O–H groups in total. The Morgan fingerprint density at radius 1 is 1.29 bits per heavy atom. The summed E-state index contributed by atoms with van der Waals surface area (Å²) in [7, 11) is 0. The van der Waals surface area contributed by atoms with E-state index >= 15 is 0 Å². The number of hydrogen-bond donors (Lipinski definition) is 1. The molecule has 0 unspecified atom stereocenters. The van der Waals surface area contributed by atoms with Gasteiger partial charge in [-0.05, 0) is 55.5 Å². The predicted molar refractivity (Wildman–Crippen MR) is 58.3 cm³/mol. The van der Waals surface area contributed by atoms with Gasteiger partial charge >= 0.3 is 0 Å². The lowest BCUT2D eigenvalue weighted by atomic mass is 9.72. The first kappa shape index (κ1) is 9.66. The molecule has 14 heavy (non-hydrogen) atoms. The monoisotopic (exact) mass is 190 g/mol. The van der Waals surface area contributed by atoms with Gasteiger partial charge in [0.15, 0.2) is 0 Å². The summed E-state index contributed by atoms with van der Waals surface area (Å²) in [5.41, 5.74) is 1.88. The molecule has 0 radical (unpaired) electrons. The predicted octanol–water partition coefficient (Wildman–Crippen LogP) is 2.11. The van der Waals surface area contributed by atoms with Crippen LogP contribution in [0.5, 0.6) is 0 Å². The van der Waals surface area contributed by atoms with Gasteiger partial charge in [0.2, 0.25) is 0 Å². The number of piperidine rings is 1.